The van der Waals surface area contributed by atoms with Crippen LogP contribution in [-0.2, 0) is 0 Å². The monoisotopic (exact) mass is 204 g/mol. The molecule has 2 saturated carbocycles. The second kappa shape index (κ2) is 2.70. The minimum Gasteiger partial charge on any atom is -0.0823 e. The van der Waals surface area contributed by atoms with Crippen molar-refractivity contribution in [2.45, 2.75) is 59.3 Å². The summed E-state index contributed by atoms with van der Waals surface area (Å²) in [4.78, 5) is 0. The molecule has 84 valence electrons. The Balaban J connectivity index is 1.98. The molecule has 3 aliphatic carbocycles. The number of rotatable bonds is 0. The molecule has 3 rings (SSSR count). The average molecular weight is 204 g/mol. The van der Waals surface area contributed by atoms with Crippen molar-refractivity contribution in [2.75, 3.05) is 0 Å². The molecule has 0 heterocycles. The van der Waals surface area contributed by atoms with Crippen LogP contribution in [0.25, 0.3) is 0 Å². The predicted molar refractivity (Wildman–Crippen MR) is 64.7 cm³/mol. The van der Waals surface area contributed by atoms with Crippen molar-refractivity contribution >= 4 is 0 Å². The molecule has 0 radical (unpaired) electrons. The minimum atomic E-state index is 0.462. The van der Waals surface area contributed by atoms with Crippen LogP contribution in [0, 0.1) is 22.2 Å². The molecule has 3 unspecified atom stereocenters. The van der Waals surface area contributed by atoms with Crippen LogP contribution in [0.1, 0.15) is 59.3 Å². The zero-order valence-electron chi connectivity index (χ0n) is 10.5. The molecular weight excluding hydrogens is 180 g/mol. The third-order valence-electron chi connectivity index (χ3n) is 5.37. The molecule has 3 aliphatic rings. The molecule has 0 aromatic heterocycles. The van der Waals surface area contributed by atoms with Crippen molar-refractivity contribution in [3.05, 3.63) is 12.2 Å². The van der Waals surface area contributed by atoms with Gasteiger partial charge in [-0.3, -0.25) is 0 Å². The van der Waals surface area contributed by atoms with Crippen LogP contribution in [0.3, 0.4) is 0 Å². The van der Waals surface area contributed by atoms with Crippen LogP contribution in [-0.4, -0.2) is 0 Å². The van der Waals surface area contributed by atoms with Gasteiger partial charge in [-0.1, -0.05) is 39.3 Å². The highest BCUT2D eigenvalue weighted by molar-refractivity contribution is 5.19. The highest BCUT2D eigenvalue weighted by Gasteiger charge is 2.55. The molecule has 1 spiro atoms. The fourth-order valence-electron chi connectivity index (χ4n) is 4.78. The standard InChI is InChI=1S/C15H24/c1-13(2)7-8-15-6-4-5-14(3,11-15)10-12(15)9-13/h7-8,12H,4-6,9-11H2,1-3H3. The van der Waals surface area contributed by atoms with Gasteiger partial charge in [0.1, 0.15) is 0 Å². The molecule has 0 aromatic rings. The van der Waals surface area contributed by atoms with Gasteiger partial charge in [0, 0.05) is 0 Å². The summed E-state index contributed by atoms with van der Waals surface area (Å²) in [5, 5.41) is 0. The number of allylic oxidation sites excluding steroid dienone is 2. The van der Waals surface area contributed by atoms with E-state index in [9.17, 15) is 0 Å². The number of fused-ring (bicyclic) bond motifs is 1. The van der Waals surface area contributed by atoms with Gasteiger partial charge in [-0.25, -0.2) is 0 Å². The largest absolute Gasteiger partial charge is 0.0823 e. The Morgan fingerprint density at radius 2 is 1.80 bits per heavy atom. The lowest BCUT2D eigenvalue weighted by atomic mass is 9.62. The maximum Gasteiger partial charge on any atom is -0.00841 e. The van der Waals surface area contributed by atoms with Gasteiger partial charge in [0.05, 0.1) is 0 Å². The molecule has 0 aliphatic heterocycles. The summed E-state index contributed by atoms with van der Waals surface area (Å²) in [6, 6.07) is 0. The summed E-state index contributed by atoms with van der Waals surface area (Å²) >= 11 is 0. The van der Waals surface area contributed by atoms with E-state index in [0.717, 1.165) is 5.92 Å². The van der Waals surface area contributed by atoms with Crippen LogP contribution >= 0.6 is 0 Å². The Labute approximate surface area is 94.1 Å². The van der Waals surface area contributed by atoms with Crippen molar-refractivity contribution in [1.82, 2.24) is 0 Å². The molecule has 0 saturated heterocycles. The van der Waals surface area contributed by atoms with Crippen molar-refractivity contribution in [3.8, 4) is 0 Å². The van der Waals surface area contributed by atoms with Gasteiger partial charge in [-0.15, -0.1) is 0 Å². The first-order valence-electron chi connectivity index (χ1n) is 6.64. The van der Waals surface area contributed by atoms with E-state index in [1.54, 1.807) is 0 Å². The van der Waals surface area contributed by atoms with Gasteiger partial charge in [0.25, 0.3) is 0 Å². The van der Waals surface area contributed by atoms with Gasteiger partial charge >= 0.3 is 0 Å². The van der Waals surface area contributed by atoms with Gasteiger partial charge < -0.3 is 0 Å². The maximum atomic E-state index is 2.62. The lowest BCUT2D eigenvalue weighted by Gasteiger charge is -2.43. The zero-order valence-corrected chi connectivity index (χ0v) is 10.5. The average Bonchev–Trinajstić information content (AvgIpc) is 2.30. The molecule has 0 amide bonds. The molecule has 2 fully saturated rings. The first-order chi connectivity index (χ1) is 6.93. The zero-order chi connectivity index (χ0) is 10.7. The Kier molecular flexibility index (Phi) is 1.79. The van der Waals surface area contributed by atoms with E-state index in [4.69, 9.17) is 0 Å². The Morgan fingerprint density at radius 1 is 1.00 bits per heavy atom. The quantitative estimate of drug-likeness (QED) is 0.507. The maximum absolute atomic E-state index is 2.62. The van der Waals surface area contributed by atoms with Crippen LogP contribution < -0.4 is 0 Å². The van der Waals surface area contributed by atoms with Crippen molar-refractivity contribution in [2.24, 2.45) is 22.2 Å². The first kappa shape index (κ1) is 9.93. The van der Waals surface area contributed by atoms with E-state index in [0.29, 0.717) is 16.2 Å². The van der Waals surface area contributed by atoms with E-state index >= 15 is 0 Å². The smallest absolute Gasteiger partial charge is 0.00841 e. The van der Waals surface area contributed by atoms with E-state index in [2.05, 4.69) is 32.9 Å². The fraction of sp³-hybridized carbons (Fsp3) is 0.867. The predicted octanol–water partition coefficient (Wildman–Crippen LogP) is 4.56. The van der Waals surface area contributed by atoms with E-state index < -0.39 is 0 Å². The molecule has 0 aromatic carbocycles. The van der Waals surface area contributed by atoms with Crippen LogP contribution in [0.5, 0.6) is 0 Å². The number of hydrogen-bond donors (Lipinski definition) is 0. The fourth-order valence-corrected chi connectivity index (χ4v) is 4.78. The SMILES string of the molecule is CC1(C)C=CC23CCCC(C)(CC2C1)C3. The number of hydrogen-bond acceptors (Lipinski definition) is 0. The molecule has 2 bridgehead atoms. The topological polar surface area (TPSA) is 0 Å². The molecule has 15 heavy (non-hydrogen) atoms. The second-order valence-corrected chi connectivity index (χ2v) is 7.50. The Morgan fingerprint density at radius 3 is 2.60 bits per heavy atom. The van der Waals surface area contributed by atoms with Gasteiger partial charge in [-0.2, -0.15) is 0 Å². The first-order valence-corrected chi connectivity index (χ1v) is 6.64. The summed E-state index contributed by atoms with van der Waals surface area (Å²) in [5.41, 5.74) is 1.78. The highest BCUT2D eigenvalue weighted by atomic mass is 14.6. The van der Waals surface area contributed by atoms with Crippen LogP contribution in [0.2, 0.25) is 0 Å². The van der Waals surface area contributed by atoms with E-state index in [1.807, 2.05) is 0 Å². The molecule has 0 heteroatoms. The normalized spacial score (nSPS) is 51.5. The summed E-state index contributed by atoms with van der Waals surface area (Å²) in [7, 11) is 0. The summed E-state index contributed by atoms with van der Waals surface area (Å²) in [6.45, 7) is 7.34. The molecular formula is C15H24. The summed E-state index contributed by atoms with van der Waals surface area (Å²) in [6.07, 6.45) is 14.0. The Bertz CT molecular complexity index is 312. The van der Waals surface area contributed by atoms with Gasteiger partial charge in [0.2, 0.25) is 0 Å². The van der Waals surface area contributed by atoms with Gasteiger partial charge in [0.15, 0.2) is 0 Å². The lowest BCUT2D eigenvalue weighted by molar-refractivity contribution is 0.147. The minimum absolute atomic E-state index is 0.462. The molecule has 0 N–H and O–H groups in total. The second-order valence-electron chi connectivity index (χ2n) is 7.50. The van der Waals surface area contributed by atoms with E-state index in [1.165, 1.54) is 38.5 Å². The van der Waals surface area contributed by atoms with Crippen molar-refractivity contribution in [3.63, 3.8) is 0 Å². The molecule has 3 atom stereocenters. The molecule has 0 nitrogen and oxygen atoms in total. The lowest BCUT2D eigenvalue weighted by Crippen LogP contribution is -2.33. The highest BCUT2D eigenvalue weighted by Crippen LogP contribution is 2.65. The van der Waals surface area contributed by atoms with Gasteiger partial charge in [-0.05, 0) is 54.3 Å². The Hall–Kier alpha value is -0.260. The third kappa shape index (κ3) is 1.40. The third-order valence-corrected chi connectivity index (χ3v) is 5.37. The summed E-state index contributed by atoms with van der Waals surface area (Å²) < 4.78 is 0. The van der Waals surface area contributed by atoms with E-state index in [-0.39, 0.29) is 0 Å². The van der Waals surface area contributed by atoms with Crippen LogP contribution in [0.4, 0.5) is 0 Å². The van der Waals surface area contributed by atoms with Crippen molar-refractivity contribution in [1.29, 1.82) is 0 Å². The van der Waals surface area contributed by atoms with Crippen LogP contribution in [0.15, 0.2) is 12.2 Å². The van der Waals surface area contributed by atoms with Crippen molar-refractivity contribution < 1.29 is 0 Å². The summed E-state index contributed by atoms with van der Waals surface area (Å²) in [5.74, 6) is 0.991.